The maximum atomic E-state index is 13.4. The van der Waals surface area contributed by atoms with E-state index in [0.717, 1.165) is 30.8 Å². The lowest BCUT2D eigenvalue weighted by atomic mass is 10.1. The molecule has 3 aromatic rings. The molecule has 1 aliphatic rings. The van der Waals surface area contributed by atoms with E-state index in [0.29, 0.717) is 22.9 Å². The number of anilines is 3. The zero-order chi connectivity index (χ0) is 23.4. The number of aromatic nitrogens is 3. The van der Waals surface area contributed by atoms with Crippen LogP contribution in [0.4, 0.5) is 22.1 Å². The van der Waals surface area contributed by atoms with Crippen molar-refractivity contribution in [2.75, 3.05) is 35.3 Å². The highest BCUT2D eigenvalue weighted by Gasteiger charge is 2.31. The largest absolute Gasteiger partial charge is 0.467 e. The Morgan fingerprint density at radius 2 is 2.12 bits per heavy atom. The number of urea groups is 1. The summed E-state index contributed by atoms with van der Waals surface area (Å²) in [5.74, 6) is 0.912. The Kier molecular flexibility index (Phi) is 6.36. The van der Waals surface area contributed by atoms with Gasteiger partial charge in [0.1, 0.15) is 5.82 Å². The molecule has 9 nitrogen and oxygen atoms in total. The van der Waals surface area contributed by atoms with Gasteiger partial charge in [0.2, 0.25) is 0 Å². The molecule has 0 aliphatic carbocycles. The molecule has 0 saturated carbocycles. The van der Waals surface area contributed by atoms with Gasteiger partial charge in [0.25, 0.3) is 0 Å². The van der Waals surface area contributed by atoms with E-state index in [2.05, 4.69) is 33.2 Å². The molecule has 1 aromatic carbocycles. The minimum Gasteiger partial charge on any atom is -0.467 e. The van der Waals surface area contributed by atoms with Gasteiger partial charge in [-0.25, -0.2) is 14.8 Å². The van der Waals surface area contributed by atoms with Crippen LogP contribution in [0.5, 0.6) is 6.01 Å². The Balaban J connectivity index is 1.77. The lowest BCUT2D eigenvalue weighted by molar-refractivity contribution is 0.255. The maximum absolute atomic E-state index is 13.4. The van der Waals surface area contributed by atoms with Gasteiger partial charge in [-0.05, 0) is 50.6 Å². The van der Waals surface area contributed by atoms with Crippen LogP contribution < -0.4 is 19.9 Å². The van der Waals surface area contributed by atoms with Crippen LogP contribution in [0.25, 0.3) is 11.3 Å². The van der Waals surface area contributed by atoms with Gasteiger partial charge in [-0.15, -0.1) is 0 Å². The van der Waals surface area contributed by atoms with E-state index < -0.39 is 0 Å². The Bertz CT molecular complexity index is 1210. The van der Waals surface area contributed by atoms with Crippen LogP contribution in [0.3, 0.4) is 0 Å². The molecule has 0 radical (unpaired) electrons. The zero-order valence-corrected chi connectivity index (χ0v) is 18.8. The number of pyridine rings is 1. The minimum atomic E-state index is -0.335. The van der Waals surface area contributed by atoms with Crippen molar-refractivity contribution in [1.82, 2.24) is 15.0 Å². The highest BCUT2D eigenvalue weighted by molar-refractivity contribution is 6.03. The molecule has 33 heavy (non-hydrogen) atoms. The molecule has 1 N–H and O–H groups in total. The predicted octanol–water partition coefficient (Wildman–Crippen LogP) is 4.08. The zero-order valence-electron chi connectivity index (χ0n) is 18.8. The van der Waals surface area contributed by atoms with Crippen molar-refractivity contribution < 1.29 is 9.53 Å². The third-order valence-corrected chi connectivity index (χ3v) is 5.62. The fourth-order valence-electron chi connectivity index (χ4n) is 3.88. The lowest BCUT2D eigenvalue weighted by Crippen LogP contribution is -2.42. The molecule has 9 heteroatoms. The van der Waals surface area contributed by atoms with E-state index in [1.54, 1.807) is 23.1 Å². The van der Waals surface area contributed by atoms with Crippen molar-refractivity contribution in [3.05, 3.63) is 54.2 Å². The fourth-order valence-corrected chi connectivity index (χ4v) is 3.88. The lowest BCUT2D eigenvalue weighted by Gasteiger charge is -2.28. The monoisotopic (exact) mass is 443 g/mol. The summed E-state index contributed by atoms with van der Waals surface area (Å²) in [7, 11) is 1.47. The molecule has 0 saturated heterocycles. The summed E-state index contributed by atoms with van der Waals surface area (Å²) in [6.07, 6.45) is 2.31. The molecule has 4 rings (SSSR count). The molecule has 1 aliphatic heterocycles. The standard InChI is InChI=1S/C24H25N7O2/c1-4-30-13-11-16(2)31(24(32)29-21-10-12-26-23(28-21)33-3)22-20(30)9-8-19(27-22)18-7-5-6-17(14-18)15-25/h5-10,12,14,16H,4,11,13H2,1-3H3,(H,26,28,29,32)/t16-/m1/s1. The summed E-state index contributed by atoms with van der Waals surface area (Å²) >= 11 is 0. The highest BCUT2D eigenvalue weighted by atomic mass is 16.5. The van der Waals surface area contributed by atoms with Crippen LogP contribution in [0.15, 0.2) is 48.7 Å². The van der Waals surface area contributed by atoms with Gasteiger partial charge in [-0.2, -0.15) is 10.2 Å². The van der Waals surface area contributed by atoms with Crippen molar-refractivity contribution in [3.63, 3.8) is 0 Å². The van der Waals surface area contributed by atoms with Crippen LogP contribution in [0, 0.1) is 11.3 Å². The summed E-state index contributed by atoms with van der Waals surface area (Å²) in [4.78, 5) is 30.4. The second kappa shape index (κ2) is 9.53. The van der Waals surface area contributed by atoms with E-state index in [9.17, 15) is 10.1 Å². The van der Waals surface area contributed by atoms with E-state index in [1.807, 2.05) is 31.2 Å². The maximum Gasteiger partial charge on any atom is 0.328 e. The van der Waals surface area contributed by atoms with Crippen LogP contribution in [-0.4, -0.2) is 47.2 Å². The number of carbonyl (C=O) groups excluding carboxylic acids is 1. The molecular formula is C24H25N7O2. The van der Waals surface area contributed by atoms with Crippen LogP contribution in [0.2, 0.25) is 0 Å². The fraction of sp³-hybridized carbons (Fsp3) is 0.292. The Morgan fingerprint density at radius 1 is 1.27 bits per heavy atom. The summed E-state index contributed by atoms with van der Waals surface area (Å²) in [6, 6.07) is 14.7. The molecule has 2 aromatic heterocycles. The predicted molar refractivity (Wildman–Crippen MR) is 126 cm³/mol. The second-order valence-electron chi connectivity index (χ2n) is 7.68. The van der Waals surface area contributed by atoms with E-state index in [4.69, 9.17) is 9.72 Å². The number of carbonyl (C=O) groups is 1. The topological polar surface area (TPSA) is 107 Å². The third-order valence-electron chi connectivity index (χ3n) is 5.62. The van der Waals surface area contributed by atoms with Crippen LogP contribution in [0.1, 0.15) is 25.8 Å². The highest BCUT2D eigenvalue weighted by Crippen LogP contribution is 2.35. The number of nitrogens with zero attached hydrogens (tertiary/aromatic N) is 6. The molecule has 3 heterocycles. The number of hydrogen-bond acceptors (Lipinski definition) is 7. The number of hydrogen-bond donors (Lipinski definition) is 1. The first-order chi connectivity index (χ1) is 16.0. The number of rotatable bonds is 4. The summed E-state index contributed by atoms with van der Waals surface area (Å²) in [5.41, 5.74) is 2.95. The molecule has 2 amide bonds. The Labute approximate surface area is 192 Å². The van der Waals surface area contributed by atoms with Gasteiger partial charge in [-0.1, -0.05) is 12.1 Å². The smallest absolute Gasteiger partial charge is 0.328 e. The number of nitriles is 1. The average Bonchev–Trinajstić information content (AvgIpc) is 2.99. The molecule has 0 fully saturated rings. The van der Waals surface area contributed by atoms with Gasteiger partial charge < -0.3 is 9.64 Å². The molecule has 168 valence electrons. The van der Waals surface area contributed by atoms with Gasteiger partial charge in [0.05, 0.1) is 30.1 Å². The third kappa shape index (κ3) is 4.55. The van der Waals surface area contributed by atoms with Crippen molar-refractivity contribution in [2.45, 2.75) is 26.3 Å². The Hall–Kier alpha value is -4.19. The SMILES string of the molecule is CCN1CC[C@@H](C)N(C(=O)Nc2ccnc(OC)n2)c2nc(-c3cccc(C#N)c3)ccc21. The Morgan fingerprint density at radius 3 is 2.88 bits per heavy atom. The number of benzene rings is 1. The summed E-state index contributed by atoms with van der Waals surface area (Å²) in [6.45, 7) is 5.69. The number of ether oxygens (including phenoxy) is 1. The first-order valence-electron chi connectivity index (χ1n) is 10.8. The number of amides is 2. The normalized spacial score (nSPS) is 15.3. The van der Waals surface area contributed by atoms with Crippen LogP contribution >= 0.6 is 0 Å². The van der Waals surface area contributed by atoms with Gasteiger partial charge in [0.15, 0.2) is 5.82 Å². The van der Waals surface area contributed by atoms with Crippen LogP contribution in [-0.2, 0) is 0 Å². The molecule has 0 bridgehead atoms. The number of fused-ring (bicyclic) bond motifs is 1. The molecule has 1 atom stereocenters. The molecular weight excluding hydrogens is 418 g/mol. The quantitative estimate of drug-likeness (QED) is 0.647. The first kappa shape index (κ1) is 22.0. The van der Waals surface area contributed by atoms with Crippen molar-refractivity contribution in [2.24, 2.45) is 0 Å². The van der Waals surface area contributed by atoms with Crippen molar-refractivity contribution >= 4 is 23.4 Å². The van der Waals surface area contributed by atoms with Gasteiger partial charge in [-0.3, -0.25) is 10.2 Å². The van der Waals surface area contributed by atoms with E-state index >= 15 is 0 Å². The minimum absolute atomic E-state index is 0.0998. The number of nitrogens with one attached hydrogen (secondary N) is 1. The van der Waals surface area contributed by atoms with Crippen molar-refractivity contribution in [1.29, 1.82) is 5.26 Å². The number of methoxy groups -OCH3 is 1. The molecule has 0 unspecified atom stereocenters. The second-order valence-corrected chi connectivity index (χ2v) is 7.68. The first-order valence-corrected chi connectivity index (χ1v) is 10.8. The summed E-state index contributed by atoms with van der Waals surface area (Å²) in [5, 5.41) is 12.1. The van der Waals surface area contributed by atoms with E-state index in [-0.39, 0.29) is 18.1 Å². The van der Waals surface area contributed by atoms with Gasteiger partial charge >= 0.3 is 12.0 Å². The summed E-state index contributed by atoms with van der Waals surface area (Å²) < 4.78 is 5.06. The van der Waals surface area contributed by atoms with Crippen molar-refractivity contribution in [3.8, 4) is 23.3 Å². The average molecular weight is 444 g/mol. The van der Waals surface area contributed by atoms with E-state index in [1.165, 1.54) is 13.3 Å². The molecule has 0 spiro atoms. The van der Waals surface area contributed by atoms with Gasteiger partial charge in [0, 0.05) is 30.9 Å².